The maximum atomic E-state index is 17.6. The Bertz CT molecular complexity index is 1510. The van der Waals surface area contributed by atoms with E-state index in [1.54, 1.807) is 45.0 Å². The van der Waals surface area contributed by atoms with Gasteiger partial charge >= 0.3 is 11.9 Å². The standard InChI is InChI=1S/C35H41FO9/c1-20-7-6-8-23(15-20)43-30(41)12-11-29(40)42-19-27(39)35-28(44-31(2,3)45-35)17-25-24-10-9-21-16-22(37)13-14-32(21,4)34(24,36)26(38)18-33(25,35)5/h6-8,13-16,24-26,28,38H,9-12,17-19H2,1-5H3/t24?,25-,26-,28+,32-,33-,34-,35+/m0/s1. The van der Waals surface area contributed by atoms with Gasteiger partial charge in [-0.25, -0.2) is 4.39 Å². The minimum Gasteiger partial charge on any atom is -0.458 e. The Labute approximate surface area is 262 Å². The third-order valence-electron chi connectivity index (χ3n) is 11.2. The number of esters is 2. The van der Waals surface area contributed by atoms with Gasteiger partial charge in [-0.3, -0.25) is 19.2 Å². The Morgan fingerprint density at radius 3 is 2.56 bits per heavy atom. The van der Waals surface area contributed by atoms with E-state index < -0.39 is 76.3 Å². The molecule has 4 fully saturated rings. The zero-order valence-corrected chi connectivity index (χ0v) is 26.4. The van der Waals surface area contributed by atoms with E-state index in [1.807, 2.05) is 19.9 Å². The van der Waals surface area contributed by atoms with Crippen molar-refractivity contribution in [2.45, 2.75) is 102 Å². The maximum Gasteiger partial charge on any atom is 0.311 e. The second-order valence-electron chi connectivity index (χ2n) is 14.2. The van der Waals surface area contributed by atoms with Crippen molar-refractivity contribution in [3.8, 4) is 5.75 Å². The number of Topliss-reactive ketones (excluding diaryl/α,β-unsaturated/α-hetero) is 1. The van der Waals surface area contributed by atoms with Crippen LogP contribution in [0.25, 0.3) is 0 Å². The van der Waals surface area contributed by atoms with Gasteiger partial charge in [-0.15, -0.1) is 0 Å². The maximum absolute atomic E-state index is 17.6. The number of carbonyl (C=O) groups excluding carboxylic acids is 4. The van der Waals surface area contributed by atoms with Gasteiger partial charge in [0.15, 0.2) is 29.4 Å². The summed E-state index contributed by atoms with van der Waals surface area (Å²) in [6, 6.07) is 6.97. The Morgan fingerprint density at radius 2 is 1.82 bits per heavy atom. The number of hydrogen-bond acceptors (Lipinski definition) is 9. The molecule has 6 rings (SSSR count). The molecule has 1 saturated heterocycles. The molecule has 1 N–H and O–H groups in total. The van der Waals surface area contributed by atoms with E-state index in [-0.39, 0.29) is 25.0 Å². The lowest BCUT2D eigenvalue weighted by molar-refractivity contribution is -0.246. The van der Waals surface area contributed by atoms with Crippen LogP contribution < -0.4 is 4.74 Å². The Kier molecular flexibility index (Phi) is 7.53. The molecule has 0 aromatic heterocycles. The van der Waals surface area contributed by atoms with Crippen LogP contribution in [-0.2, 0) is 33.4 Å². The van der Waals surface area contributed by atoms with Gasteiger partial charge in [-0.05, 0) is 89.1 Å². The van der Waals surface area contributed by atoms with Crippen LogP contribution in [0.5, 0.6) is 5.75 Å². The number of aryl methyl sites for hydroxylation is 1. The zero-order chi connectivity index (χ0) is 32.6. The monoisotopic (exact) mass is 624 g/mol. The first-order valence-corrected chi connectivity index (χ1v) is 15.7. The van der Waals surface area contributed by atoms with Crippen molar-refractivity contribution in [3.05, 3.63) is 53.6 Å². The number of allylic oxidation sites excluding steroid dienone is 4. The SMILES string of the molecule is Cc1cccc(OC(=O)CCC(=O)OCC(=O)[C@@]23OC(C)(C)O[C@@H]2C[C@H]2C4CCC5=CC(=O)C=C[C@]5(C)[C@@]4(F)[C@@H](O)C[C@@]23C)c1. The fraction of sp³-hybridized carbons (Fsp3) is 0.600. The molecule has 5 aliphatic rings. The number of hydrogen-bond donors (Lipinski definition) is 1. The van der Waals surface area contributed by atoms with Gasteiger partial charge in [-0.2, -0.15) is 0 Å². The van der Waals surface area contributed by atoms with Crippen LogP contribution in [0.15, 0.2) is 48.1 Å². The minimum absolute atomic E-state index is 0.0875. The summed E-state index contributed by atoms with van der Waals surface area (Å²) >= 11 is 0. The van der Waals surface area contributed by atoms with Gasteiger partial charge < -0.3 is 24.1 Å². The van der Waals surface area contributed by atoms with E-state index in [0.29, 0.717) is 30.6 Å². The molecular formula is C35H41FO9. The lowest BCUT2D eigenvalue weighted by Gasteiger charge is -2.62. The number of ether oxygens (including phenoxy) is 4. The largest absolute Gasteiger partial charge is 0.458 e. The van der Waals surface area contributed by atoms with Crippen molar-refractivity contribution in [1.82, 2.24) is 0 Å². The van der Waals surface area contributed by atoms with Crippen LogP contribution in [0.2, 0.25) is 0 Å². The number of aliphatic hydroxyl groups excluding tert-OH is 1. The summed E-state index contributed by atoms with van der Waals surface area (Å²) in [6.45, 7) is 8.23. The molecule has 8 atom stereocenters. The minimum atomic E-state index is -2.07. The molecule has 1 unspecified atom stereocenters. The predicted molar refractivity (Wildman–Crippen MR) is 159 cm³/mol. The first-order chi connectivity index (χ1) is 21.1. The van der Waals surface area contributed by atoms with Gasteiger partial charge in [0.05, 0.1) is 25.0 Å². The number of ketones is 2. The van der Waals surface area contributed by atoms with E-state index in [1.165, 1.54) is 12.2 Å². The van der Waals surface area contributed by atoms with E-state index >= 15 is 4.39 Å². The highest BCUT2D eigenvalue weighted by atomic mass is 19.1. The summed E-state index contributed by atoms with van der Waals surface area (Å²) in [4.78, 5) is 51.3. The van der Waals surface area contributed by atoms with E-state index in [4.69, 9.17) is 18.9 Å². The van der Waals surface area contributed by atoms with Crippen LogP contribution in [0.4, 0.5) is 4.39 Å². The number of carbonyl (C=O) groups is 4. The highest BCUT2D eigenvalue weighted by molar-refractivity contribution is 6.01. The summed E-state index contributed by atoms with van der Waals surface area (Å²) in [5.41, 5.74) is -4.29. The number of alkyl halides is 1. The molecule has 0 bridgehead atoms. The van der Waals surface area contributed by atoms with Gasteiger partial charge in [0.1, 0.15) is 5.75 Å². The van der Waals surface area contributed by atoms with Gasteiger partial charge in [0.25, 0.3) is 0 Å². The lowest BCUT2D eigenvalue weighted by atomic mass is 9.44. The van der Waals surface area contributed by atoms with Crippen LogP contribution in [0.1, 0.15) is 71.8 Å². The number of aliphatic hydroxyl groups is 1. The molecule has 9 nitrogen and oxygen atoms in total. The summed E-state index contributed by atoms with van der Waals surface area (Å²) in [7, 11) is 0. The normalized spacial score (nSPS) is 39.2. The molecular weight excluding hydrogens is 583 g/mol. The first kappa shape index (κ1) is 31.8. The molecule has 0 radical (unpaired) electrons. The van der Waals surface area contributed by atoms with Crippen LogP contribution in [-0.4, -0.2) is 64.5 Å². The highest BCUT2D eigenvalue weighted by Crippen LogP contribution is 2.72. The highest BCUT2D eigenvalue weighted by Gasteiger charge is 2.80. The van der Waals surface area contributed by atoms with E-state index in [9.17, 15) is 24.3 Å². The summed E-state index contributed by atoms with van der Waals surface area (Å²) in [6.07, 6.45) is 2.83. The van der Waals surface area contributed by atoms with Gasteiger partial charge in [-0.1, -0.05) is 30.7 Å². The molecule has 0 spiro atoms. The third-order valence-corrected chi connectivity index (χ3v) is 11.2. The zero-order valence-electron chi connectivity index (χ0n) is 26.4. The second kappa shape index (κ2) is 10.7. The fourth-order valence-electron chi connectivity index (χ4n) is 9.20. The summed E-state index contributed by atoms with van der Waals surface area (Å²) in [5.74, 6) is -3.88. The van der Waals surface area contributed by atoms with Crippen LogP contribution >= 0.6 is 0 Å². The van der Waals surface area contributed by atoms with Gasteiger partial charge in [0, 0.05) is 16.7 Å². The molecule has 242 valence electrons. The summed E-state index contributed by atoms with van der Waals surface area (Å²) < 4.78 is 40.9. The predicted octanol–water partition coefficient (Wildman–Crippen LogP) is 4.66. The lowest BCUT2D eigenvalue weighted by Crippen LogP contribution is -2.70. The molecule has 45 heavy (non-hydrogen) atoms. The van der Waals surface area contributed by atoms with Crippen LogP contribution in [0.3, 0.4) is 0 Å². The number of benzene rings is 1. The molecule has 4 aliphatic carbocycles. The van der Waals surface area contributed by atoms with Crippen molar-refractivity contribution >= 4 is 23.5 Å². The van der Waals surface area contributed by atoms with E-state index in [0.717, 1.165) is 5.56 Å². The quantitative estimate of drug-likeness (QED) is 0.341. The molecule has 1 aromatic carbocycles. The molecule has 1 aromatic rings. The number of fused-ring (bicyclic) bond motifs is 7. The average molecular weight is 625 g/mol. The average Bonchev–Trinajstić information content (AvgIpc) is 3.37. The number of rotatable bonds is 7. The fourth-order valence-corrected chi connectivity index (χ4v) is 9.20. The van der Waals surface area contributed by atoms with E-state index in [2.05, 4.69) is 0 Å². The van der Waals surface area contributed by atoms with Crippen molar-refractivity contribution < 1.29 is 47.6 Å². The van der Waals surface area contributed by atoms with Crippen molar-refractivity contribution in [1.29, 1.82) is 0 Å². The second-order valence-corrected chi connectivity index (χ2v) is 14.2. The van der Waals surface area contributed by atoms with Crippen molar-refractivity contribution in [2.24, 2.45) is 22.7 Å². The topological polar surface area (TPSA) is 125 Å². The van der Waals surface area contributed by atoms with Crippen molar-refractivity contribution in [2.75, 3.05) is 6.61 Å². The molecule has 0 amide bonds. The molecule has 10 heteroatoms. The Balaban J connectivity index is 1.20. The Hall–Kier alpha value is -3.21. The van der Waals surface area contributed by atoms with Crippen LogP contribution in [0, 0.1) is 29.6 Å². The van der Waals surface area contributed by atoms with Crippen molar-refractivity contribution in [3.63, 3.8) is 0 Å². The summed E-state index contributed by atoms with van der Waals surface area (Å²) in [5, 5.41) is 11.7. The molecule has 3 saturated carbocycles. The third kappa shape index (κ3) is 4.74. The van der Waals surface area contributed by atoms with Gasteiger partial charge in [0.2, 0.25) is 5.78 Å². The molecule has 1 aliphatic heterocycles. The Morgan fingerprint density at radius 1 is 1.09 bits per heavy atom. The number of halogens is 1. The smallest absolute Gasteiger partial charge is 0.311 e. The first-order valence-electron chi connectivity index (χ1n) is 15.7. The molecule has 1 heterocycles.